The molecule has 1 amide bonds. The van der Waals surface area contributed by atoms with Gasteiger partial charge in [0.1, 0.15) is 17.3 Å². The van der Waals surface area contributed by atoms with Crippen LogP contribution in [0.15, 0.2) is 41.2 Å². The van der Waals surface area contributed by atoms with Crippen LogP contribution in [0.1, 0.15) is 29.0 Å². The van der Waals surface area contributed by atoms with Crippen LogP contribution in [0.5, 0.6) is 11.5 Å². The molecule has 2 aromatic carbocycles. The summed E-state index contributed by atoms with van der Waals surface area (Å²) in [4.78, 5) is 30.2. The van der Waals surface area contributed by atoms with Gasteiger partial charge in [-0.05, 0) is 43.2 Å². The summed E-state index contributed by atoms with van der Waals surface area (Å²) in [5.41, 5.74) is 1.50. The quantitative estimate of drug-likeness (QED) is 0.754. The molecule has 7 heteroatoms. The van der Waals surface area contributed by atoms with E-state index < -0.39 is 0 Å². The molecule has 1 N–H and O–H groups in total. The zero-order valence-electron chi connectivity index (χ0n) is 15.8. The summed E-state index contributed by atoms with van der Waals surface area (Å²) in [7, 11) is 3.05. The number of nitrogens with zero attached hydrogens (tertiary/aromatic N) is 2. The summed E-state index contributed by atoms with van der Waals surface area (Å²) in [6.45, 7) is 0.691. The summed E-state index contributed by atoms with van der Waals surface area (Å²) in [6.07, 6.45) is 2.85. The number of aryl methyl sites for hydroxylation is 1. The highest BCUT2D eigenvalue weighted by Gasteiger charge is 2.17. The highest BCUT2D eigenvalue weighted by atomic mass is 16.5. The maximum atomic E-state index is 12.8. The monoisotopic (exact) mass is 379 g/mol. The molecule has 1 aliphatic heterocycles. The maximum Gasteiger partial charge on any atom is 0.261 e. The molecule has 0 radical (unpaired) electrons. The van der Waals surface area contributed by atoms with Crippen molar-refractivity contribution >= 4 is 22.5 Å². The number of ether oxygens (including phenoxy) is 2. The van der Waals surface area contributed by atoms with Crippen molar-refractivity contribution < 1.29 is 14.3 Å². The van der Waals surface area contributed by atoms with Gasteiger partial charge in [0.2, 0.25) is 0 Å². The Kier molecular flexibility index (Phi) is 4.73. The molecular formula is C21H21N3O4. The Bertz CT molecular complexity index is 1120. The number of nitrogens with one attached hydrogen (secondary N) is 1. The first-order valence-corrected chi connectivity index (χ1v) is 9.17. The van der Waals surface area contributed by atoms with Gasteiger partial charge in [0.05, 0.1) is 30.7 Å². The third-order valence-corrected chi connectivity index (χ3v) is 4.98. The third kappa shape index (κ3) is 3.19. The lowest BCUT2D eigenvalue weighted by molar-refractivity contribution is 0.102. The highest BCUT2D eigenvalue weighted by Crippen LogP contribution is 2.26. The summed E-state index contributed by atoms with van der Waals surface area (Å²) in [6, 6.07) is 10.2. The van der Waals surface area contributed by atoms with Crippen LogP contribution in [0.4, 0.5) is 5.69 Å². The average Bonchev–Trinajstić information content (AvgIpc) is 2.73. The van der Waals surface area contributed by atoms with Crippen molar-refractivity contribution in [3.8, 4) is 11.5 Å². The van der Waals surface area contributed by atoms with Crippen LogP contribution in [-0.2, 0) is 13.0 Å². The van der Waals surface area contributed by atoms with Crippen LogP contribution in [0.2, 0.25) is 0 Å². The third-order valence-electron chi connectivity index (χ3n) is 4.98. The van der Waals surface area contributed by atoms with Crippen molar-refractivity contribution in [1.29, 1.82) is 0 Å². The number of amides is 1. The number of anilines is 1. The van der Waals surface area contributed by atoms with Crippen molar-refractivity contribution in [3.05, 3.63) is 58.1 Å². The number of benzene rings is 2. The normalized spacial score (nSPS) is 13.1. The number of rotatable bonds is 4. The topological polar surface area (TPSA) is 82.5 Å². The van der Waals surface area contributed by atoms with Gasteiger partial charge in [-0.2, -0.15) is 0 Å². The van der Waals surface area contributed by atoms with Gasteiger partial charge in [-0.25, -0.2) is 4.98 Å². The Labute approximate surface area is 161 Å². The second-order valence-electron chi connectivity index (χ2n) is 6.69. The number of carbonyl (C=O) groups excluding carboxylic acids is 1. The van der Waals surface area contributed by atoms with Crippen molar-refractivity contribution in [2.24, 2.45) is 0 Å². The van der Waals surface area contributed by atoms with Crippen LogP contribution in [0, 0.1) is 0 Å². The zero-order valence-corrected chi connectivity index (χ0v) is 15.8. The van der Waals surface area contributed by atoms with Crippen LogP contribution in [0.25, 0.3) is 10.9 Å². The van der Waals surface area contributed by atoms with Crippen LogP contribution in [0.3, 0.4) is 0 Å². The minimum absolute atomic E-state index is 0.0576. The van der Waals surface area contributed by atoms with E-state index in [0.29, 0.717) is 40.2 Å². The summed E-state index contributed by atoms with van der Waals surface area (Å²) in [5.74, 6) is 1.52. The van der Waals surface area contributed by atoms with Gasteiger partial charge in [-0.3, -0.25) is 14.2 Å². The second-order valence-corrected chi connectivity index (χ2v) is 6.69. The number of fused-ring (bicyclic) bond motifs is 2. The van der Waals surface area contributed by atoms with E-state index in [1.165, 1.54) is 7.11 Å². The van der Waals surface area contributed by atoms with Gasteiger partial charge >= 0.3 is 0 Å². The Balaban J connectivity index is 1.68. The minimum Gasteiger partial charge on any atom is -0.497 e. The van der Waals surface area contributed by atoms with E-state index >= 15 is 0 Å². The largest absolute Gasteiger partial charge is 0.497 e. The molecule has 1 aliphatic rings. The molecule has 0 saturated heterocycles. The lowest BCUT2D eigenvalue weighted by atomic mass is 10.1. The van der Waals surface area contributed by atoms with Crippen molar-refractivity contribution in [2.75, 3.05) is 19.5 Å². The first kappa shape index (κ1) is 18.0. The van der Waals surface area contributed by atoms with Crippen molar-refractivity contribution in [2.45, 2.75) is 25.8 Å². The molecule has 0 bridgehead atoms. The standard InChI is InChI=1S/C21H21N3O4/c1-27-14-7-8-15(18(12-14)28-2)20(25)22-13-6-9-17-16(11-13)21(26)24-10-4-3-5-19(24)23-17/h6-9,11-12H,3-5,10H2,1-2H3,(H,22,25). The number of hydrogen-bond acceptors (Lipinski definition) is 5. The van der Waals surface area contributed by atoms with Crippen LogP contribution in [-0.4, -0.2) is 29.7 Å². The lowest BCUT2D eigenvalue weighted by Gasteiger charge is -2.18. The van der Waals surface area contributed by atoms with Gasteiger partial charge < -0.3 is 14.8 Å². The van der Waals surface area contributed by atoms with E-state index in [2.05, 4.69) is 10.3 Å². The van der Waals surface area contributed by atoms with Crippen LogP contribution >= 0.6 is 0 Å². The van der Waals surface area contributed by atoms with E-state index in [-0.39, 0.29) is 11.5 Å². The van der Waals surface area contributed by atoms with Gasteiger partial charge in [-0.1, -0.05) is 0 Å². The molecule has 0 saturated carbocycles. The maximum absolute atomic E-state index is 12.8. The highest BCUT2D eigenvalue weighted by molar-refractivity contribution is 6.07. The van der Waals surface area contributed by atoms with Crippen molar-refractivity contribution in [1.82, 2.24) is 9.55 Å². The Morgan fingerprint density at radius 1 is 1.11 bits per heavy atom. The zero-order chi connectivity index (χ0) is 19.7. The molecule has 0 spiro atoms. The molecule has 7 nitrogen and oxygen atoms in total. The number of hydrogen-bond donors (Lipinski definition) is 1. The summed E-state index contributed by atoms with van der Waals surface area (Å²) < 4.78 is 12.2. The molecule has 0 atom stereocenters. The molecule has 2 heterocycles. The van der Waals surface area contributed by atoms with Gasteiger partial charge in [0, 0.05) is 24.7 Å². The fraction of sp³-hybridized carbons (Fsp3) is 0.286. The Morgan fingerprint density at radius 3 is 2.75 bits per heavy atom. The van der Waals surface area contributed by atoms with Gasteiger partial charge in [0.25, 0.3) is 11.5 Å². The summed E-state index contributed by atoms with van der Waals surface area (Å²) >= 11 is 0. The molecular weight excluding hydrogens is 358 g/mol. The number of aromatic nitrogens is 2. The van der Waals surface area contributed by atoms with E-state index in [9.17, 15) is 9.59 Å². The molecule has 0 aliphatic carbocycles. The second kappa shape index (κ2) is 7.34. The predicted octanol–water partition coefficient (Wildman–Crippen LogP) is 3.00. The molecule has 144 valence electrons. The smallest absolute Gasteiger partial charge is 0.261 e. The Hall–Kier alpha value is -3.35. The number of carbonyl (C=O) groups is 1. The van der Waals surface area contributed by atoms with Gasteiger partial charge in [-0.15, -0.1) is 0 Å². The Morgan fingerprint density at radius 2 is 1.96 bits per heavy atom. The number of methoxy groups -OCH3 is 2. The molecule has 0 unspecified atom stereocenters. The van der Waals surface area contributed by atoms with Crippen molar-refractivity contribution in [3.63, 3.8) is 0 Å². The molecule has 3 aromatic rings. The lowest BCUT2D eigenvalue weighted by Crippen LogP contribution is -2.28. The SMILES string of the molecule is COc1ccc(C(=O)Nc2ccc3nc4n(c(=O)c3c2)CCCC4)c(OC)c1. The van der Waals surface area contributed by atoms with E-state index in [4.69, 9.17) is 9.47 Å². The first-order chi connectivity index (χ1) is 13.6. The average molecular weight is 379 g/mol. The van der Waals surface area contributed by atoms with Gasteiger partial charge in [0.15, 0.2) is 0 Å². The fourth-order valence-electron chi connectivity index (χ4n) is 3.50. The predicted molar refractivity (Wildman–Crippen MR) is 106 cm³/mol. The fourth-order valence-corrected chi connectivity index (χ4v) is 3.50. The first-order valence-electron chi connectivity index (χ1n) is 9.17. The van der Waals surface area contributed by atoms with Crippen LogP contribution < -0.4 is 20.3 Å². The van der Waals surface area contributed by atoms with E-state index in [1.807, 2.05) is 0 Å². The molecule has 28 heavy (non-hydrogen) atoms. The van der Waals surface area contributed by atoms with E-state index in [1.54, 1.807) is 48.1 Å². The molecule has 0 fully saturated rings. The summed E-state index contributed by atoms with van der Waals surface area (Å²) in [5, 5.41) is 3.34. The molecule has 1 aromatic heterocycles. The minimum atomic E-state index is -0.329. The van der Waals surface area contributed by atoms with E-state index in [0.717, 1.165) is 25.1 Å². The molecule has 4 rings (SSSR count).